The average Bonchev–Trinajstić information content (AvgIpc) is 2.79. The van der Waals surface area contributed by atoms with Gasteiger partial charge in [-0.15, -0.1) is 0 Å². The summed E-state index contributed by atoms with van der Waals surface area (Å²) in [7, 11) is -2.45. The van der Waals surface area contributed by atoms with Crippen molar-refractivity contribution < 1.29 is 22.7 Å². The van der Waals surface area contributed by atoms with Crippen molar-refractivity contribution in [1.29, 1.82) is 0 Å². The SMILES string of the molecule is CCCn1c(N)c(C(=O)COC(=O)c2ccc(S(=O)(=O)N(CC)CC)cc2)c(=O)n(C)c1=O. The van der Waals surface area contributed by atoms with E-state index in [9.17, 15) is 27.6 Å². The van der Waals surface area contributed by atoms with Crippen molar-refractivity contribution in [3.8, 4) is 0 Å². The Bertz CT molecular complexity index is 1260. The van der Waals surface area contributed by atoms with Crippen molar-refractivity contribution in [1.82, 2.24) is 13.4 Å². The maximum absolute atomic E-state index is 12.6. The second kappa shape index (κ2) is 10.6. The number of aromatic nitrogens is 2. The van der Waals surface area contributed by atoms with Gasteiger partial charge in [0.1, 0.15) is 11.4 Å². The molecule has 0 spiro atoms. The molecule has 33 heavy (non-hydrogen) atoms. The zero-order chi connectivity index (χ0) is 24.9. The predicted octanol–water partition coefficient (Wildman–Crippen LogP) is 0.609. The Morgan fingerprint density at radius 1 is 1.06 bits per heavy atom. The molecule has 0 amide bonds. The van der Waals surface area contributed by atoms with E-state index in [2.05, 4.69) is 0 Å². The highest BCUT2D eigenvalue weighted by Crippen LogP contribution is 2.17. The maximum atomic E-state index is 12.6. The number of hydrogen-bond donors (Lipinski definition) is 1. The topological polar surface area (TPSA) is 151 Å². The van der Waals surface area contributed by atoms with E-state index in [0.29, 0.717) is 19.5 Å². The Labute approximate surface area is 191 Å². The van der Waals surface area contributed by atoms with E-state index in [0.717, 1.165) is 9.13 Å². The summed E-state index contributed by atoms with van der Waals surface area (Å²) in [4.78, 5) is 49.6. The van der Waals surface area contributed by atoms with Gasteiger partial charge < -0.3 is 10.5 Å². The number of carbonyl (C=O) groups is 2. The summed E-state index contributed by atoms with van der Waals surface area (Å²) in [6.07, 6.45) is 0.547. The van der Waals surface area contributed by atoms with Crippen LogP contribution >= 0.6 is 0 Å². The summed E-state index contributed by atoms with van der Waals surface area (Å²) in [5.74, 6) is -2.02. The van der Waals surface area contributed by atoms with Gasteiger partial charge in [-0.25, -0.2) is 18.0 Å². The molecule has 0 saturated heterocycles. The Kier molecular flexibility index (Phi) is 8.34. The molecule has 0 aliphatic rings. The van der Waals surface area contributed by atoms with E-state index in [1.54, 1.807) is 20.8 Å². The fraction of sp³-hybridized carbons (Fsp3) is 0.429. The van der Waals surface area contributed by atoms with Gasteiger partial charge in [0.05, 0.1) is 10.5 Å². The quantitative estimate of drug-likeness (QED) is 0.384. The van der Waals surface area contributed by atoms with Crippen LogP contribution < -0.4 is 17.0 Å². The molecule has 1 aromatic carbocycles. The van der Waals surface area contributed by atoms with Crippen LogP contribution in [-0.2, 0) is 28.4 Å². The molecule has 2 rings (SSSR count). The first kappa shape index (κ1) is 26.0. The number of nitrogens with two attached hydrogens (primary N) is 1. The van der Waals surface area contributed by atoms with Crippen LogP contribution in [0, 0.1) is 0 Å². The lowest BCUT2D eigenvalue weighted by Crippen LogP contribution is -2.43. The zero-order valence-electron chi connectivity index (χ0n) is 19.0. The number of benzene rings is 1. The highest BCUT2D eigenvalue weighted by Gasteiger charge is 2.24. The van der Waals surface area contributed by atoms with Gasteiger partial charge in [-0.2, -0.15) is 4.31 Å². The van der Waals surface area contributed by atoms with E-state index in [1.165, 1.54) is 35.6 Å². The van der Waals surface area contributed by atoms with Gasteiger partial charge in [0.15, 0.2) is 6.61 Å². The number of carbonyl (C=O) groups excluding carboxylic acids is 2. The van der Waals surface area contributed by atoms with Crippen molar-refractivity contribution in [2.45, 2.75) is 38.6 Å². The lowest BCUT2D eigenvalue weighted by atomic mass is 10.2. The van der Waals surface area contributed by atoms with Gasteiger partial charge in [0.2, 0.25) is 15.8 Å². The molecular formula is C21H28N4O7S. The number of rotatable bonds is 10. The van der Waals surface area contributed by atoms with E-state index < -0.39 is 45.2 Å². The zero-order valence-corrected chi connectivity index (χ0v) is 19.8. The van der Waals surface area contributed by atoms with Crippen LogP contribution in [0.3, 0.4) is 0 Å². The molecule has 1 heterocycles. The fourth-order valence-corrected chi connectivity index (χ4v) is 4.71. The molecule has 1 aromatic heterocycles. The monoisotopic (exact) mass is 480 g/mol. The third-order valence-corrected chi connectivity index (χ3v) is 7.14. The fourth-order valence-electron chi connectivity index (χ4n) is 3.25. The number of hydrogen-bond acceptors (Lipinski definition) is 8. The molecular weight excluding hydrogens is 452 g/mol. The van der Waals surface area contributed by atoms with Crippen LogP contribution in [0.15, 0.2) is 38.8 Å². The molecule has 11 nitrogen and oxygen atoms in total. The number of ether oxygens (including phenoxy) is 1. The first-order valence-corrected chi connectivity index (χ1v) is 11.8. The summed E-state index contributed by atoms with van der Waals surface area (Å²) in [5, 5.41) is 0. The van der Waals surface area contributed by atoms with Gasteiger partial charge >= 0.3 is 11.7 Å². The Hall–Kier alpha value is -3.25. The molecule has 0 aliphatic carbocycles. The highest BCUT2D eigenvalue weighted by molar-refractivity contribution is 7.89. The van der Waals surface area contributed by atoms with Crippen molar-refractivity contribution in [2.24, 2.45) is 7.05 Å². The second-order valence-electron chi connectivity index (χ2n) is 7.17. The van der Waals surface area contributed by atoms with Crippen LogP contribution in [0.5, 0.6) is 0 Å². The molecule has 0 bridgehead atoms. The van der Waals surface area contributed by atoms with Gasteiger partial charge in [-0.1, -0.05) is 20.8 Å². The molecule has 180 valence electrons. The van der Waals surface area contributed by atoms with E-state index in [-0.39, 0.29) is 22.8 Å². The van der Waals surface area contributed by atoms with Crippen LogP contribution in [0.1, 0.15) is 47.9 Å². The summed E-state index contributed by atoms with van der Waals surface area (Å²) < 4.78 is 33.2. The third-order valence-electron chi connectivity index (χ3n) is 5.08. The van der Waals surface area contributed by atoms with Crippen molar-refractivity contribution >= 4 is 27.6 Å². The van der Waals surface area contributed by atoms with E-state index in [1.807, 2.05) is 0 Å². The Morgan fingerprint density at radius 2 is 1.64 bits per heavy atom. The minimum absolute atomic E-state index is 0.0216. The molecule has 0 unspecified atom stereocenters. The number of nitrogen functional groups attached to an aromatic ring is 1. The molecule has 0 fully saturated rings. The Balaban J connectivity index is 2.21. The van der Waals surface area contributed by atoms with E-state index in [4.69, 9.17) is 10.5 Å². The Morgan fingerprint density at radius 3 is 2.15 bits per heavy atom. The molecule has 0 atom stereocenters. The average molecular weight is 481 g/mol. The summed E-state index contributed by atoms with van der Waals surface area (Å²) in [5.41, 5.74) is 3.96. The first-order valence-electron chi connectivity index (χ1n) is 10.4. The first-order chi connectivity index (χ1) is 15.5. The van der Waals surface area contributed by atoms with Crippen molar-refractivity contribution in [3.05, 3.63) is 56.2 Å². The van der Waals surface area contributed by atoms with Gasteiger partial charge in [0, 0.05) is 26.7 Å². The molecule has 0 aliphatic heterocycles. The van der Waals surface area contributed by atoms with Crippen LogP contribution in [0.2, 0.25) is 0 Å². The van der Waals surface area contributed by atoms with Crippen LogP contribution in [0.4, 0.5) is 5.82 Å². The number of ketones is 1. The van der Waals surface area contributed by atoms with Crippen molar-refractivity contribution in [3.63, 3.8) is 0 Å². The largest absolute Gasteiger partial charge is 0.454 e. The van der Waals surface area contributed by atoms with Gasteiger partial charge in [-0.3, -0.25) is 18.7 Å². The minimum Gasteiger partial charge on any atom is -0.454 e. The molecule has 2 N–H and O–H groups in total. The van der Waals surface area contributed by atoms with Crippen LogP contribution in [-0.4, -0.2) is 53.3 Å². The lowest BCUT2D eigenvalue weighted by Gasteiger charge is -2.18. The number of nitrogens with zero attached hydrogens (tertiary/aromatic N) is 3. The summed E-state index contributed by atoms with van der Waals surface area (Å²) >= 11 is 0. The number of sulfonamides is 1. The number of esters is 1. The van der Waals surface area contributed by atoms with Crippen LogP contribution in [0.25, 0.3) is 0 Å². The number of Topliss-reactive ketones (excluding diaryl/α,β-unsaturated/α-hetero) is 1. The van der Waals surface area contributed by atoms with Gasteiger partial charge in [0.25, 0.3) is 5.56 Å². The normalized spacial score (nSPS) is 11.5. The predicted molar refractivity (Wildman–Crippen MR) is 122 cm³/mol. The standard InChI is InChI=1S/C21H28N4O7S/c1-5-12-25-18(22)17(19(27)23(4)21(25)29)16(26)13-32-20(28)14-8-10-15(11-9-14)33(30,31)24(6-2)7-3/h8-11H,5-7,12-13,22H2,1-4H3. The van der Waals surface area contributed by atoms with Crippen molar-refractivity contribution in [2.75, 3.05) is 25.4 Å². The smallest absolute Gasteiger partial charge is 0.338 e. The second-order valence-corrected chi connectivity index (χ2v) is 9.11. The lowest BCUT2D eigenvalue weighted by molar-refractivity contribution is 0.0474. The molecule has 2 aromatic rings. The highest BCUT2D eigenvalue weighted by atomic mass is 32.2. The summed E-state index contributed by atoms with van der Waals surface area (Å²) in [6.45, 7) is 5.29. The molecule has 0 saturated carbocycles. The molecule has 0 radical (unpaired) electrons. The minimum atomic E-state index is -3.68. The maximum Gasteiger partial charge on any atom is 0.338 e. The third kappa shape index (κ3) is 5.22. The van der Waals surface area contributed by atoms with Gasteiger partial charge in [-0.05, 0) is 30.7 Å². The van der Waals surface area contributed by atoms with E-state index >= 15 is 0 Å². The number of anilines is 1. The summed E-state index contributed by atoms with van der Waals surface area (Å²) in [6, 6.07) is 5.11. The molecule has 12 heteroatoms.